The minimum absolute atomic E-state index is 0.0706. The van der Waals surface area contributed by atoms with Crippen LogP contribution in [0, 0.1) is 15.9 Å². The number of nitro groups is 1. The van der Waals surface area contributed by atoms with Gasteiger partial charge in [0.1, 0.15) is 5.82 Å². The molecule has 2 aromatic carbocycles. The van der Waals surface area contributed by atoms with Crippen LogP contribution in [0.3, 0.4) is 0 Å². The van der Waals surface area contributed by atoms with Gasteiger partial charge in [0.05, 0.1) is 4.92 Å². The van der Waals surface area contributed by atoms with Crippen molar-refractivity contribution in [1.29, 1.82) is 0 Å². The molecule has 1 heterocycles. The summed E-state index contributed by atoms with van der Waals surface area (Å²) in [5.41, 5.74) is 1.64. The van der Waals surface area contributed by atoms with Gasteiger partial charge in [-0.15, -0.1) is 10.2 Å². The van der Waals surface area contributed by atoms with E-state index in [4.69, 9.17) is 0 Å². The molecule has 122 valence electrons. The number of benzene rings is 2. The third-order valence-electron chi connectivity index (χ3n) is 2.99. The van der Waals surface area contributed by atoms with Crippen molar-refractivity contribution in [3.63, 3.8) is 0 Å². The summed E-state index contributed by atoms with van der Waals surface area (Å²) < 4.78 is 13.9. The molecule has 0 aliphatic carbocycles. The number of thioether (sulfide) groups is 1. The van der Waals surface area contributed by atoms with Gasteiger partial charge in [-0.25, -0.2) is 4.39 Å². The molecule has 0 bridgehead atoms. The molecule has 3 rings (SSSR count). The molecular weight excluding hydrogens is 351 g/mol. The van der Waals surface area contributed by atoms with Crippen molar-refractivity contribution in [2.24, 2.45) is 0 Å². The summed E-state index contributed by atoms with van der Waals surface area (Å²) >= 11 is 2.84. The van der Waals surface area contributed by atoms with Crippen LogP contribution in [-0.4, -0.2) is 15.1 Å². The predicted molar refractivity (Wildman–Crippen MR) is 92.2 cm³/mol. The van der Waals surface area contributed by atoms with Gasteiger partial charge in [-0.1, -0.05) is 41.3 Å². The molecule has 0 aliphatic heterocycles. The summed E-state index contributed by atoms with van der Waals surface area (Å²) in [5.74, 6) is 0.310. The number of halogens is 1. The Bertz CT molecular complexity index is 855. The van der Waals surface area contributed by atoms with Crippen molar-refractivity contribution < 1.29 is 9.31 Å². The highest BCUT2D eigenvalue weighted by Crippen LogP contribution is 2.30. The standard InChI is InChI=1S/C15H11FN4O2S2/c16-11-2-1-3-12(8-11)17-14-18-19-15(24-14)23-9-10-4-6-13(7-5-10)20(21)22/h1-8H,9H2,(H,17,18). The lowest BCUT2D eigenvalue weighted by Gasteiger charge is -2.00. The third kappa shape index (κ3) is 4.27. The van der Waals surface area contributed by atoms with Crippen LogP contribution in [0.4, 0.5) is 20.9 Å². The van der Waals surface area contributed by atoms with Gasteiger partial charge in [-0.05, 0) is 23.8 Å². The molecule has 0 spiro atoms. The summed E-state index contributed by atoms with van der Waals surface area (Å²) in [4.78, 5) is 10.2. The first-order chi connectivity index (χ1) is 11.6. The number of hydrogen-bond donors (Lipinski definition) is 1. The highest BCUT2D eigenvalue weighted by Gasteiger charge is 2.08. The molecule has 0 aliphatic rings. The van der Waals surface area contributed by atoms with E-state index in [9.17, 15) is 14.5 Å². The van der Waals surface area contributed by atoms with Crippen molar-refractivity contribution in [3.05, 3.63) is 70.0 Å². The quantitative estimate of drug-likeness (QED) is 0.391. The van der Waals surface area contributed by atoms with Crippen LogP contribution in [0.15, 0.2) is 52.9 Å². The van der Waals surface area contributed by atoms with E-state index in [1.54, 1.807) is 24.3 Å². The monoisotopic (exact) mass is 362 g/mol. The Balaban J connectivity index is 1.58. The van der Waals surface area contributed by atoms with Crippen LogP contribution >= 0.6 is 23.1 Å². The predicted octanol–water partition coefficient (Wildman–Crippen LogP) is 4.62. The first-order valence-corrected chi connectivity index (χ1v) is 8.62. The molecule has 0 saturated carbocycles. The number of rotatable bonds is 6. The SMILES string of the molecule is O=[N+]([O-])c1ccc(CSc2nnc(Nc3cccc(F)c3)s2)cc1. The maximum Gasteiger partial charge on any atom is 0.269 e. The zero-order valence-electron chi connectivity index (χ0n) is 12.2. The third-order valence-corrected chi connectivity index (χ3v) is 5.03. The lowest BCUT2D eigenvalue weighted by atomic mass is 10.2. The van der Waals surface area contributed by atoms with Crippen LogP contribution in [0.1, 0.15) is 5.56 Å². The second-order valence-corrected chi connectivity index (χ2v) is 6.92. The van der Waals surface area contributed by atoms with E-state index in [0.29, 0.717) is 16.6 Å². The number of anilines is 2. The van der Waals surface area contributed by atoms with E-state index >= 15 is 0 Å². The van der Waals surface area contributed by atoms with Crippen molar-refractivity contribution in [2.45, 2.75) is 10.1 Å². The molecule has 0 saturated heterocycles. The van der Waals surface area contributed by atoms with Gasteiger partial charge in [-0.2, -0.15) is 0 Å². The molecule has 24 heavy (non-hydrogen) atoms. The van der Waals surface area contributed by atoms with E-state index in [1.807, 2.05) is 0 Å². The highest BCUT2D eigenvalue weighted by molar-refractivity contribution is 8.00. The Morgan fingerprint density at radius 2 is 2.00 bits per heavy atom. The van der Waals surface area contributed by atoms with E-state index in [0.717, 1.165) is 9.90 Å². The summed E-state index contributed by atoms with van der Waals surface area (Å²) in [6, 6.07) is 12.5. The number of nitro benzene ring substituents is 1. The van der Waals surface area contributed by atoms with Gasteiger partial charge < -0.3 is 5.32 Å². The molecule has 1 aromatic heterocycles. The van der Waals surface area contributed by atoms with Crippen molar-refractivity contribution >= 4 is 39.6 Å². The second-order valence-electron chi connectivity index (χ2n) is 4.72. The molecule has 0 atom stereocenters. The second kappa shape index (κ2) is 7.37. The van der Waals surface area contributed by atoms with Crippen LogP contribution in [-0.2, 0) is 5.75 Å². The Morgan fingerprint density at radius 3 is 2.71 bits per heavy atom. The van der Waals surface area contributed by atoms with Crippen molar-refractivity contribution in [3.8, 4) is 0 Å². The molecular formula is C15H11FN4O2S2. The van der Waals surface area contributed by atoms with Crippen LogP contribution < -0.4 is 5.32 Å². The van der Waals surface area contributed by atoms with Crippen LogP contribution in [0.5, 0.6) is 0 Å². The largest absolute Gasteiger partial charge is 0.330 e. The Kier molecular flexibility index (Phi) is 5.02. The fourth-order valence-electron chi connectivity index (χ4n) is 1.87. The topological polar surface area (TPSA) is 81.0 Å². The van der Waals surface area contributed by atoms with E-state index in [2.05, 4.69) is 15.5 Å². The summed E-state index contributed by atoms with van der Waals surface area (Å²) in [5, 5.41) is 22.3. The molecule has 0 fully saturated rings. The Labute approximate surface area is 144 Å². The fourth-order valence-corrected chi connectivity index (χ4v) is 3.60. The number of non-ortho nitro benzene ring substituents is 1. The number of nitrogens with zero attached hydrogens (tertiary/aromatic N) is 3. The van der Waals surface area contributed by atoms with Crippen LogP contribution in [0.25, 0.3) is 0 Å². The lowest BCUT2D eigenvalue weighted by molar-refractivity contribution is -0.384. The molecule has 0 amide bonds. The average molecular weight is 362 g/mol. The normalized spacial score (nSPS) is 10.5. The van der Waals surface area contributed by atoms with Gasteiger partial charge in [0.25, 0.3) is 5.69 Å². The Hall–Kier alpha value is -2.52. The maximum atomic E-state index is 13.1. The minimum atomic E-state index is -0.425. The number of hydrogen-bond acceptors (Lipinski definition) is 7. The van der Waals surface area contributed by atoms with E-state index in [-0.39, 0.29) is 11.5 Å². The smallest absolute Gasteiger partial charge is 0.269 e. The van der Waals surface area contributed by atoms with Gasteiger partial charge in [0.15, 0.2) is 4.34 Å². The minimum Gasteiger partial charge on any atom is -0.330 e. The molecule has 6 nitrogen and oxygen atoms in total. The molecule has 3 aromatic rings. The fraction of sp³-hybridized carbons (Fsp3) is 0.0667. The maximum absolute atomic E-state index is 13.1. The summed E-state index contributed by atoms with van der Waals surface area (Å²) in [7, 11) is 0. The summed E-state index contributed by atoms with van der Waals surface area (Å²) in [6.07, 6.45) is 0. The van der Waals surface area contributed by atoms with Gasteiger partial charge in [0, 0.05) is 23.6 Å². The van der Waals surface area contributed by atoms with Crippen molar-refractivity contribution in [1.82, 2.24) is 10.2 Å². The molecule has 9 heteroatoms. The number of nitrogens with one attached hydrogen (secondary N) is 1. The zero-order chi connectivity index (χ0) is 16.9. The highest BCUT2D eigenvalue weighted by atomic mass is 32.2. The van der Waals surface area contributed by atoms with E-state index < -0.39 is 4.92 Å². The van der Waals surface area contributed by atoms with Crippen LogP contribution in [0.2, 0.25) is 0 Å². The molecule has 1 N–H and O–H groups in total. The lowest BCUT2D eigenvalue weighted by Crippen LogP contribution is -1.89. The first kappa shape index (κ1) is 16.3. The van der Waals surface area contributed by atoms with Gasteiger partial charge in [-0.3, -0.25) is 10.1 Å². The van der Waals surface area contributed by atoms with Gasteiger partial charge >= 0.3 is 0 Å². The van der Waals surface area contributed by atoms with E-state index in [1.165, 1.54) is 47.4 Å². The molecule has 0 radical (unpaired) electrons. The zero-order valence-corrected chi connectivity index (χ0v) is 13.8. The molecule has 0 unspecified atom stereocenters. The summed E-state index contributed by atoms with van der Waals surface area (Å²) in [6.45, 7) is 0. The average Bonchev–Trinajstić information content (AvgIpc) is 3.01. The Morgan fingerprint density at radius 1 is 1.21 bits per heavy atom. The number of aromatic nitrogens is 2. The first-order valence-electron chi connectivity index (χ1n) is 6.82. The van der Waals surface area contributed by atoms with Crippen molar-refractivity contribution in [2.75, 3.05) is 5.32 Å². The van der Waals surface area contributed by atoms with Gasteiger partial charge in [0.2, 0.25) is 5.13 Å².